The molecular weight excluding hydrogens is 306 g/mol. The molecule has 0 aromatic heterocycles. The predicted octanol–water partition coefficient (Wildman–Crippen LogP) is 2.92. The van der Waals surface area contributed by atoms with Crippen molar-refractivity contribution in [3.05, 3.63) is 44.3 Å². The van der Waals surface area contributed by atoms with Crippen LogP contribution >= 0.6 is 11.8 Å². The van der Waals surface area contributed by atoms with E-state index in [1.54, 1.807) is 25.1 Å². The van der Waals surface area contributed by atoms with Gasteiger partial charge in [-0.2, -0.15) is 0 Å². The third-order valence-corrected chi connectivity index (χ3v) is 4.52. The standard InChI is InChI=1S/C15H15NO5S/c1-9(15(18)21-2)10-3-4-11(12(7-10)16(19)20)8-14-13(17)5-6-22-14/h3-4,7-9H,5-6H2,1-2H3/b14-8+. The van der Waals surface area contributed by atoms with E-state index >= 15 is 0 Å². The minimum absolute atomic E-state index is 0.00584. The Morgan fingerprint density at radius 2 is 2.23 bits per heavy atom. The summed E-state index contributed by atoms with van der Waals surface area (Å²) in [7, 11) is 1.27. The van der Waals surface area contributed by atoms with Gasteiger partial charge in [-0.05, 0) is 24.6 Å². The Hall–Kier alpha value is -2.15. The first-order chi connectivity index (χ1) is 10.4. The van der Waals surface area contributed by atoms with Crippen molar-refractivity contribution in [1.82, 2.24) is 0 Å². The number of rotatable bonds is 4. The summed E-state index contributed by atoms with van der Waals surface area (Å²) < 4.78 is 4.65. The van der Waals surface area contributed by atoms with Gasteiger partial charge in [0.15, 0.2) is 5.78 Å². The van der Waals surface area contributed by atoms with Crippen LogP contribution in [0.3, 0.4) is 0 Å². The molecule has 0 saturated carbocycles. The van der Waals surface area contributed by atoms with Gasteiger partial charge in [-0.25, -0.2) is 0 Å². The lowest BCUT2D eigenvalue weighted by Crippen LogP contribution is -2.11. The SMILES string of the molecule is COC(=O)C(C)c1ccc(/C=C2/SCCC2=O)c([N+](=O)[O-])c1. The minimum Gasteiger partial charge on any atom is -0.469 e. The molecule has 7 heteroatoms. The van der Waals surface area contributed by atoms with Gasteiger partial charge < -0.3 is 4.74 Å². The number of ether oxygens (including phenoxy) is 1. The van der Waals surface area contributed by atoms with E-state index in [0.29, 0.717) is 28.2 Å². The number of carbonyl (C=O) groups is 2. The monoisotopic (exact) mass is 321 g/mol. The number of nitro groups is 1. The van der Waals surface area contributed by atoms with Crippen molar-refractivity contribution in [3.8, 4) is 0 Å². The molecule has 1 aliphatic rings. The maximum Gasteiger partial charge on any atom is 0.312 e. The van der Waals surface area contributed by atoms with Crippen molar-refractivity contribution < 1.29 is 19.2 Å². The second-order valence-corrected chi connectivity index (χ2v) is 5.99. The largest absolute Gasteiger partial charge is 0.469 e. The lowest BCUT2D eigenvalue weighted by molar-refractivity contribution is -0.385. The number of hydrogen-bond donors (Lipinski definition) is 0. The average molecular weight is 321 g/mol. The number of nitro benzene ring substituents is 1. The molecule has 1 unspecified atom stereocenters. The molecule has 1 aromatic rings. The van der Waals surface area contributed by atoms with Gasteiger partial charge in [0.25, 0.3) is 5.69 Å². The number of methoxy groups -OCH3 is 1. The van der Waals surface area contributed by atoms with Gasteiger partial charge >= 0.3 is 5.97 Å². The van der Waals surface area contributed by atoms with Crippen molar-refractivity contribution in [2.24, 2.45) is 0 Å². The highest BCUT2D eigenvalue weighted by Crippen LogP contribution is 2.33. The third-order valence-electron chi connectivity index (χ3n) is 3.45. The maximum absolute atomic E-state index is 11.6. The molecule has 0 spiro atoms. The zero-order valence-corrected chi connectivity index (χ0v) is 13.0. The molecule has 0 bridgehead atoms. The summed E-state index contributed by atoms with van der Waals surface area (Å²) in [6.45, 7) is 1.62. The van der Waals surface area contributed by atoms with Crippen LogP contribution in [0.4, 0.5) is 5.69 Å². The van der Waals surface area contributed by atoms with Crippen LogP contribution in [0.2, 0.25) is 0 Å². The van der Waals surface area contributed by atoms with Gasteiger partial charge in [0.05, 0.1) is 28.4 Å². The van der Waals surface area contributed by atoms with E-state index in [4.69, 9.17) is 0 Å². The Kier molecular flexibility index (Phi) is 4.97. The van der Waals surface area contributed by atoms with Crippen LogP contribution in [-0.2, 0) is 14.3 Å². The van der Waals surface area contributed by atoms with Crippen molar-refractivity contribution in [2.75, 3.05) is 12.9 Å². The van der Waals surface area contributed by atoms with Gasteiger partial charge in [-0.15, -0.1) is 11.8 Å². The third kappa shape index (κ3) is 3.36. The molecule has 1 aliphatic heterocycles. The molecule has 0 amide bonds. The van der Waals surface area contributed by atoms with E-state index in [0.717, 1.165) is 0 Å². The van der Waals surface area contributed by atoms with Crippen molar-refractivity contribution >= 4 is 35.3 Å². The number of nitrogens with zero attached hydrogens (tertiary/aromatic N) is 1. The number of carbonyl (C=O) groups excluding carboxylic acids is 2. The molecule has 22 heavy (non-hydrogen) atoms. The first-order valence-electron chi connectivity index (χ1n) is 6.68. The quantitative estimate of drug-likeness (QED) is 0.367. The van der Waals surface area contributed by atoms with E-state index in [9.17, 15) is 19.7 Å². The number of hydrogen-bond acceptors (Lipinski definition) is 6. The lowest BCUT2D eigenvalue weighted by atomic mass is 9.98. The average Bonchev–Trinajstić information content (AvgIpc) is 2.91. The molecular formula is C15H15NO5S. The summed E-state index contributed by atoms with van der Waals surface area (Å²) in [5.74, 6) is -0.336. The second-order valence-electron chi connectivity index (χ2n) is 4.85. The Morgan fingerprint density at radius 3 is 2.77 bits per heavy atom. The number of esters is 1. The Labute approximate surface area is 131 Å². The number of thioether (sulfide) groups is 1. The number of allylic oxidation sites excluding steroid dienone is 1. The molecule has 0 aliphatic carbocycles. The van der Waals surface area contributed by atoms with Crippen molar-refractivity contribution in [3.63, 3.8) is 0 Å². The summed E-state index contributed by atoms with van der Waals surface area (Å²) in [4.78, 5) is 34.5. The van der Waals surface area contributed by atoms with E-state index in [2.05, 4.69) is 4.74 Å². The number of benzene rings is 1. The van der Waals surface area contributed by atoms with Gasteiger partial charge in [0.1, 0.15) is 0 Å². The number of Topliss-reactive ketones (excluding diaryl/α,β-unsaturated/α-hetero) is 1. The Bertz CT molecular complexity index is 668. The summed E-state index contributed by atoms with van der Waals surface area (Å²) >= 11 is 1.40. The van der Waals surface area contributed by atoms with E-state index < -0.39 is 16.8 Å². The first kappa shape index (κ1) is 16.2. The first-order valence-corrected chi connectivity index (χ1v) is 7.66. The Morgan fingerprint density at radius 1 is 1.50 bits per heavy atom. The van der Waals surface area contributed by atoms with Crippen molar-refractivity contribution in [1.29, 1.82) is 0 Å². The molecule has 116 valence electrons. The van der Waals surface area contributed by atoms with Crippen LogP contribution in [0, 0.1) is 10.1 Å². The number of ketones is 1. The molecule has 1 heterocycles. The van der Waals surface area contributed by atoms with Crippen LogP contribution in [0.5, 0.6) is 0 Å². The van der Waals surface area contributed by atoms with Crippen LogP contribution in [-0.4, -0.2) is 29.5 Å². The van der Waals surface area contributed by atoms with Crippen LogP contribution in [0.1, 0.15) is 30.4 Å². The molecule has 2 rings (SSSR count). The van der Waals surface area contributed by atoms with Crippen LogP contribution in [0.25, 0.3) is 6.08 Å². The zero-order chi connectivity index (χ0) is 16.3. The van der Waals surface area contributed by atoms with Gasteiger partial charge in [0.2, 0.25) is 0 Å². The van der Waals surface area contributed by atoms with Crippen LogP contribution < -0.4 is 0 Å². The maximum atomic E-state index is 11.6. The molecule has 1 saturated heterocycles. The highest BCUT2D eigenvalue weighted by Gasteiger charge is 2.23. The molecule has 0 radical (unpaired) electrons. The molecule has 6 nitrogen and oxygen atoms in total. The summed E-state index contributed by atoms with van der Waals surface area (Å²) in [6, 6.07) is 4.56. The normalized spacial score (nSPS) is 17.5. The summed E-state index contributed by atoms with van der Waals surface area (Å²) in [5.41, 5.74) is 0.746. The second kappa shape index (κ2) is 6.74. The fourth-order valence-electron chi connectivity index (χ4n) is 2.14. The van der Waals surface area contributed by atoms with E-state index in [-0.39, 0.29) is 11.5 Å². The van der Waals surface area contributed by atoms with Crippen LogP contribution in [0.15, 0.2) is 23.1 Å². The Balaban J connectivity index is 2.42. The van der Waals surface area contributed by atoms with Gasteiger partial charge in [0, 0.05) is 18.2 Å². The van der Waals surface area contributed by atoms with Gasteiger partial charge in [-0.3, -0.25) is 19.7 Å². The highest BCUT2D eigenvalue weighted by molar-refractivity contribution is 8.04. The topological polar surface area (TPSA) is 86.5 Å². The van der Waals surface area contributed by atoms with Gasteiger partial charge in [-0.1, -0.05) is 6.07 Å². The minimum atomic E-state index is -0.590. The zero-order valence-electron chi connectivity index (χ0n) is 12.2. The highest BCUT2D eigenvalue weighted by atomic mass is 32.2. The molecule has 1 aromatic carbocycles. The van der Waals surface area contributed by atoms with E-state index in [1.807, 2.05) is 0 Å². The molecule has 0 N–H and O–H groups in total. The smallest absolute Gasteiger partial charge is 0.312 e. The van der Waals surface area contributed by atoms with Crippen molar-refractivity contribution in [2.45, 2.75) is 19.3 Å². The lowest BCUT2D eigenvalue weighted by Gasteiger charge is -2.10. The summed E-state index contributed by atoms with van der Waals surface area (Å²) in [5, 5.41) is 11.3. The summed E-state index contributed by atoms with van der Waals surface area (Å²) in [6.07, 6.45) is 2.01. The van der Waals surface area contributed by atoms with E-state index in [1.165, 1.54) is 24.9 Å². The predicted molar refractivity (Wildman–Crippen MR) is 83.6 cm³/mol. The molecule has 1 atom stereocenters. The fraction of sp³-hybridized carbons (Fsp3) is 0.333. The fourth-order valence-corrected chi connectivity index (χ4v) is 3.12. The molecule has 1 fully saturated rings.